The molecule has 28 heavy (non-hydrogen) atoms. The van der Waals surface area contributed by atoms with Crippen molar-refractivity contribution >= 4 is 54.9 Å². The van der Waals surface area contributed by atoms with Gasteiger partial charge in [0.25, 0.3) is 0 Å². The fourth-order valence-electron chi connectivity index (χ4n) is 4.07. The van der Waals surface area contributed by atoms with Crippen LogP contribution in [-0.2, 0) is 0 Å². The predicted molar refractivity (Wildman–Crippen MR) is 130 cm³/mol. The number of hydrogen-bond donors (Lipinski definition) is 0. The van der Waals surface area contributed by atoms with Crippen LogP contribution in [0.3, 0.4) is 0 Å². The van der Waals surface area contributed by atoms with Gasteiger partial charge in [0.15, 0.2) is 0 Å². The Morgan fingerprint density at radius 3 is 1.11 bits per heavy atom. The summed E-state index contributed by atoms with van der Waals surface area (Å²) in [7, 11) is 0. The number of fused-ring (bicyclic) bond motifs is 1. The number of benzene rings is 4. The molecule has 0 atom stereocenters. The standard InChI is InChI=1S/C26H28Ge2/c1-27(2,23-11-7-5-8-12-23)25-17-15-22-20-26(18-16-21(22)19-25)28(3,4)24-13-9-6-10-14-24/h5-20H,1-4H3. The van der Waals surface area contributed by atoms with Crippen molar-refractivity contribution in [1.82, 2.24) is 0 Å². The Morgan fingerprint density at radius 1 is 0.393 bits per heavy atom. The first-order chi connectivity index (χ1) is 13.4. The molecular weight excluding hydrogens is 458 g/mol. The van der Waals surface area contributed by atoms with Crippen LogP contribution in [-0.4, -0.2) is 26.5 Å². The molecule has 0 amide bonds. The van der Waals surface area contributed by atoms with E-state index in [9.17, 15) is 0 Å². The van der Waals surface area contributed by atoms with Crippen LogP contribution in [0.5, 0.6) is 0 Å². The zero-order valence-electron chi connectivity index (χ0n) is 17.2. The molecule has 140 valence electrons. The van der Waals surface area contributed by atoms with E-state index in [2.05, 4.69) is 120 Å². The molecule has 0 aliphatic heterocycles. The SMILES string of the molecule is [CH3][Ge]([CH3])([c]1ccccc1)[c]1ccc2c[c]([Ge]([CH3])([CH3])[c]3ccccc3)ccc2c1. The maximum atomic E-state index is 2.50. The average molecular weight is 486 g/mol. The molecule has 0 aliphatic carbocycles. The van der Waals surface area contributed by atoms with Crippen molar-refractivity contribution in [2.45, 2.75) is 23.0 Å². The molecule has 2 heteroatoms. The first kappa shape index (κ1) is 19.5. The number of hydrogen-bond acceptors (Lipinski definition) is 0. The molecule has 4 aromatic carbocycles. The van der Waals surface area contributed by atoms with Gasteiger partial charge >= 0.3 is 175 Å². The number of rotatable bonds is 4. The predicted octanol–water partition coefficient (Wildman–Crippen LogP) is 4.49. The van der Waals surface area contributed by atoms with E-state index in [4.69, 9.17) is 0 Å². The third-order valence-electron chi connectivity index (χ3n) is 6.27. The zero-order chi connectivity index (χ0) is 19.8. The van der Waals surface area contributed by atoms with Crippen LogP contribution < -0.4 is 17.6 Å². The van der Waals surface area contributed by atoms with E-state index in [0.29, 0.717) is 0 Å². The van der Waals surface area contributed by atoms with Crippen molar-refractivity contribution in [3.8, 4) is 0 Å². The van der Waals surface area contributed by atoms with E-state index < -0.39 is 26.5 Å². The van der Waals surface area contributed by atoms with Gasteiger partial charge in [-0.25, -0.2) is 0 Å². The van der Waals surface area contributed by atoms with E-state index in [1.807, 2.05) is 0 Å². The molecule has 0 heterocycles. The quantitative estimate of drug-likeness (QED) is 0.374. The average Bonchev–Trinajstić information content (AvgIpc) is 2.74. The first-order valence-electron chi connectivity index (χ1n) is 10.0. The summed E-state index contributed by atoms with van der Waals surface area (Å²) in [6, 6.07) is 36.6. The summed E-state index contributed by atoms with van der Waals surface area (Å²) >= 11 is -4.49. The second-order valence-corrected chi connectivity index (χ2v) is 27.2. The van der Waals surface area contributed by atoms with Gasteiger partial charge in [-0.3, -0.25) is 0 Å². The molecule has 0 N–H and O–H groups in total. The Bertz CT molecular complexity index is 1010. The van der Waals surface area contributed by atoms with E-state index in [0.717, 1.165) is 0 Å². The third-order valence-corrected chi connectivity index (χ3v) is 21.1. The van der Waals surface area contributed by atoms with Gasteiger partial charge in [0.2, 0.25) is 0 Å². The second kappa shape index (κ2) is 7.57. The molecule has 0 saturated heterocycles. The molecule has 0 saturated carbocycles. The molecule has 0 bridgehead atoms. The van der Waals surface area contributed by atoms with Crippen molar-refractivity contribution in [2.75, 3.05) is 0 Å². The first-order valence-corrected chi connectivity index (χ1v) is 22.6. The molecule has 0 fully saturated rings. The molecule has 4 rings (SSSR count). The Kier molecular flexibility index (Phi) is 5.28. The molecule has 0 nitrogen and oxygen atoms in total. The molecule has 0 spiro atoms. The van der Waals surface area contributed by atoms with Gasteiger partial charge < -0.3 is 0 Å². The molecule has 0 aromatic heterocycles. The molecule has 0 unspecified atom stereocenters. The summed E-state index contributed by atoms with van der Waals surface area (Å²) < 4.78 is 6.18. The topological polar surface area (TPSA) is 0 Å². The van der Waals surface area contributed by atoms with E-state index >= 15 is 0 Å². The maximum absolute atomic E-state index is 2.50. The van der Waals surface area contributed by atoms with Gasteiger partial charge in [0, 0.05) is 0 Å². The van der Waals surface area contributed by atoms with Crippen LogP contribution >= 0.6 is 0 Å². The summed E-state index contributed by atoms with van der Waals surface area (Å²) in [5.74, 6) is 9.99. The normalized spacial score (nSPS) is 12.3. The summed E-state index contributed by atoms with van der Waals surface area (Å²) in [4.78, 5) is 0. The van der Waals surface area contributed by atoms with Gasteiger partial charge in [-0.05, 0) is 0 Å². The second-order valence-electron chi connectivity index (χ2n) is 8.76. The van der Waals surface area contributed by atoms with Crippen LogP contribution in [0.15, 0.2) is 97.1 Å². The third kappa shape index (κ3) is 3.60. The van der Waals surface area contributed by atoms with Crippen LogP contribution in [0, 0.1) is 0 Å². The fourth-order valence-corrected chi connectivity index (χ4v) is 14.0. The summed E-state index contributed by atoms with van der Waals surface area (Å²) in [5.41, 5.74) is 0. The van der Waals surface area contributed by atoms with Gasteiger partial charge in [-0.15, -0.1) is 0 Å². The molecular formula is C26H28Ge2. The fraction of sp³-hybridized carbons (Fsp3) is 0.154. The van der Waals surface area contributed by atoms with Gasteiger partial charge in [0.1, 0.15) is 0 Å². The van der Waals surface area contributed by atoms with Crippen molar-refractivity contribution in [1.29, 1.82) is 0 Å². The van der Waals surface area contributed by atoms with Crippen LogP contribution in [0.1, 0.15) is 0 Å². The summed E-state index contributed by atoms with van der Waals surface area (Å²) in [5, 5.41) is 2.75. The zero-order valence-corrected chi connectivity index (χ0v) is 21.4. The molecule has 0 radical (unpaired) electrons. The van der Waals surface area contributed by atoms with Crippen LogP contribution in [0.4, 0.5) is 0 Å². The van der Waals surface area contributed by atoms with Crippen molar-refractivity contribution < 1.29 is 0 Å². The van der Waals surface area contributed by atoms with E-state index in [1.165, 1.54) is 10.8 Å². The minimum absolute atomic E-state index is 1.38. The van der Waals surface area contributed by atoms with Gasteiger partial charge in [0.05, 0.1) is 0 Å². The van der Waals surface area contributed by atoms with Crippen LogP contribution in [0.25, 0.3) is 10.8 Å². The van der Waals surface area contributed by atoms with Crippen molar-refractivity contribution in [3.63, 3.8) is 0 Å². The van der Waals surface area contributed by atoms with Gasteiger partial charge in [-0.2, -0.15) is 0 Å². The molecule has 0 aliphatic rings. The Hall–Kier alpha value is -1.77. The van der Waals surface area contributed by atoms with Crippen LogP contribution in [0.2, 0.25) is 23.0 Å². The van der Waals surface area contributed by atoms with Gasteiger partial charge in [-0.1, -0.05) is 0 Å². The van der Waals surface area contributed by atoms with Crippen molar-refractivity contribution in [2.24, 2.45) is 0 Å². The monoisotopic (exact) mass is 488 g/mol. The summed E-state index contributed by atoms with van der Waals surface area (Å²) in [6.07, 6.45) is 0. The Labute approximate surface area is 174 Å². The Morgan fingerprint density at radius 2 is 0.750 bits per heavy atom. The van der Waals surface area contributed by atoms with E-state index in [1.54, 1.807) is 17.6 Å². The van der Waals surface area contributed by atoms with E-state index in [-0.39, 0.29) is 0 Å². The summed E-state index contributed by atoms with van der Waals surface area (Å²) in [6.45, 7) is 0. The molecule has 4 aromatic rings. The van der Waals surface area contributed by atoms with Crippen molar-refractivity contribution in [3.05, 3.63) is 97.1 Å². The minimum atomic E-state index is -2.24. The Balaban J connectivity index is 1.74.